The van der Waals surface area contributed by atoms with Gasteiger partial charge < -0.3 is 4.74 Å². The van der Waals surface area contributed by atoms with Crippen molar-refractivity contribution >= 4 is 11.0 Å². The van der Waals surface area contributed by atoms with Crippen LogP contribution in [0.2, 0.25) is 0 Å². The van der Waals surface area contributed by atoms with Crippen LogP contribution in [0.4, 0.5) is 0 Å². The van der Waals surface area contributed by atoms with Gasteiger partial charge in [-0.05, 0) is 55.7 Å². The molecule has 0 bridgehead atoms. The predicted molar refractivity (Wildman–Crippen MR) is 79.6 cm³/mol. The van der Waals surface area contributed by atoms with E-state index in [1.54, 1.807) is 11.9 Å². The van der Waals surface area contributed by atoms with Crippen LogP contribution in [0.25, 0.3) is 16.7 Å². The van der Waals surface area contributed by atoms with Crippen molar-refractivity contribution in [1.29, 1.82) is 0 Å². The highest BCUT2D eigenvalue weighted by atomic mass is 16.5. The standard InChI is InChI=1S/C16H17N3O/c1-10-9-15(20-4)16(12(3)11(10)2)19-17-13-7-5-6-8-14(13)18-19/h5-9H,1-4H3. The molecule has 0 saturated heterocycles. The van der Waals surface area contributed by atoms with Crippen molar-refractivity contribution in [3.8, 4) is 11.4 Å². The van der Waals surface area contributed by atoms with Crippen LogP contribution in [-0.4, -0.2) is 22.1 Å². The van der Waals surface area contributed by atoms with Gasteiger partial charge in [-0.3, -0.25) is 0 Å². The summed E-state index contributed by atoms with van der Waals surface area (Å²) in [6.45, 7) is 6.27. The van der Waals surface area contributed by atoms with Crippen LogP contribution in [0, 0.1) is 20.8 Å². The molecule has 0 N–H and O–H groups in total. The third-order valence-corrected chi connectivity index (χ3v) is 3.80. The van der Waals surface area contributed by atoms with Gasteiger partial charge in [-0.1, -0.05) is 12.1 Å². The van der Waals surface area contributed by atoms with E-state index in [1.165, 1.54) is 11.1 Å². The summed E-state index contributed by atoms with van der Waals surface area (Å²) in [6.07, 6.45) is 0. The first kappa shape index (κ1) is 12.7. The minimum absolute atomic E-state index is 0.797. The average molecular weight is 267 g/mol. The second-order valence-corrected chi connectivity index (χ2v) is 4.97. The summed E-state index contributed by atoms with van der Waals surface area (Å²) in [7, 11) is 1.68. The number of hydrogen-bond acceptors (Lipinski definition) is 3. The minimum atomic E-state index is 0.797. The first-order chi connectivity index (χ1) is 9.61. The number of benzene rings is 2. The lowest BCUT2D eigenvalue weighted by Gasteiger charge is -2.14. The predicted octanol–water partition coefficient (Wildman–Crippen LogP) is 3.35. The summed E-state index contributed by atoms with van der Waals surface area (Å²) in [5, 5.41) is 9.10. The molecule has 3 rings (SSSR count). The summed E-state index contributed by atoms with van der Waals surface area (Å²) < 4.78 is 5.51. The van der Waals surface area contributed by atoms with Crippen LogP contribution in [0.3, 0.4) is 0 Å². The second kappa shape index (κ2) is 4.63. The fourth-order valence-corrected chi connectivity index (χ4v) is 2.40. The molecular weight excluding hydrogens is 250 g/mol. The van der Waals surface area contributed by atoms with Gasteiger partial charge in [0.05, 0.1) is 7.11 Å². The second-order valence-electron chi connectivity index (χ2n) is 4.97. The van der Waals surface area contributed by atoms with Crippen LogP contribution in [-0.2, 0) is 0 Å². The van der Waals surface area contributed by atoms with Crippen molar-refractivity contribution < 1.29 is 4.74 Å². The maximum atomic E-state index is 5.51. The van der Waals surface area contributed by atoms with Crippen molar-refractivity contribution in [2.45, 2.75) is 20.8 Å². The van der Waals surface area contributed by atoms with Gasteiger partial charge in [-0.15, -0.1) is 15.0 Å². The van der Waals surface area contributed by atoms with Gasteiger partial charge in [0.15, 0.2) is 0 Å². The number of rotatable bonds is 2. The van der Waals surface area contributed by atoms with E-state index in [4.69, 9.17) is 4.74 Å². The number of nitrogens with zero attached hydrogens (tertiary/aromatic N) is 3. The number of methoxy groups -OCH3 is 1. The third kappa shape index (κ3) is 1.84. The van der Waals surface area contributed by atoms with Gasteiger partial charge in [-0.25, -0.2) is 0 Å². The van der Waals surface area contributed by atoms with E-state index in [9.17, 15) is 0 Å². The van der Waals surface area contributed by atoms with Crippen LogP contribution in [0.5, 0.6) is 5.75 Å². The first-order valence-corrected chi connectivity index (χ1v) is 6.59. The normalized spacial score (nSPS) is 11.0. The van der Waals surface area contributed by atoms with Crippen molar-refractivity contribution in [3.05, 3.63) is 47.0 Å². The Morgan fingerprint density at radius 1 is 0.950 bits per heavy atom. The molecule has 0 unspecified atom stereocenters. The molecule has 0 atom stereocenters. The smallest absolute Gasteiger partial charge is 0.146 e. The van der Waals surface area contributed by atoms with E-state index in [2.05, 4.69) is 31.0 Å². The highest BCUT2D eigenvalue weighted by Gasteiger charge is 2.15. The Labute approximate surface area is 118 Å². The van der Waals surface area contributed by atoms with E-state index >= 15 is 0 Å². The number of fused-ring (bicyclic) bond motifs is 1. The van der Waals surface area contributed by atoms with E-state index in [-0.39, 0.29) is 0 Å². The lowest BCUT2D eigenvalue weighted by atomic mass is 10.0. The van der Waals surface area contributed by atoms with Gasteiger partial charge in [0, 0.05) is 0 Å². The molecule has 0 aliphatic carbocycles. The topological polar surface area (TPSA) is 39.9 Å². The molecular formula is C16H17N3O. The summed E-state index contributed by atoms with van der Waals surface area (Å²) >= 11 is 0. The van der Waals surface area contributed by atoms with E-state index < -0.39 is 0 Å². The van der Waals surface area contributed by atoms with E-state index in [0.717, 1.165) is 28.0 Å². The molecule has 0 spiro atoms. The Kier molecular flexibility index (Phi) is 2.93. The van der Waals surface area contributed by atoms with Crippen molar-refractivity contribution in [2.75, 3.05) is 7.11 Å². The van der Waals surface area contributed by atoms with E-state index in [1.807, 2.05) is 30.3 Å². The maximum Gasteiger partial charge on any atom is 0.146 e. The molecule has 0 saturated carbocycles. The first-order valence-electron chi connectivity index (χ1n) is 6.59. The molecule has 1 heterocycles. The zero-order valence-electron chi connectivity index (χ0n) is 12.1. The van der Waals surface area contributed by atoms with Crippen molar-refractivity contribution in [3.63, 3.8) is 0 Å². The monoisotopic (exact) mass is 267 g/mol. The maximum absolute atomic E-state index is 5.51. The molecule has 20 heavy (non-hydrogen) atoms. The Hall–Kier alpha value is -2.36. The van der Waals surface area contributed by atoms with Gasteiger partial charge in [0.1, 0.15) is 22.5 Å². The molecule has 4 heteroatoms. The molecule has 4 nitrogen and oxygen atoms in total. The Morgan fingerprint density at radius 3 is 2.10 bits per heavy atom. The molecule has 3 aromatic rings. The number of aryl methyl sites for hydroxylation is 1. The van der Waals surface area contributed by atoms with Crippen LogP contribution >= 0.6 is 0 Å². The van der Waals surface area contributed by atoms with Crippen molar-refractivity contribution in [2.24, 2.45) is 0 Å². The molecule has 102 valence electrons. The average Bonchev–Trinajstić information content (AvgIpc) is 2.87. The molecule has 0 fully saturated rings. The number of hydrogen-bond donors (Lipinski definition) is 0. The lowest BCUT2D eigenvalue weighted by molar-refractivity contribution is 0.409. The highest BCUT2D eigenvalue weighted by molar-refractivity contribution is 5.74. The Morgan fingerprint density at radius 2 is 1.55 bits per heavy atom. The SMILES string of the molecule is COc1cc(C)c(C)c(C)c1-n1nc2ccccc2n1. The third-order valence-electron chi connectivity index (χ3n) is 3.80. The van der Waals surface area contributed by atoms with Crippen molar-refractivity contribution in [1.82, 2.24) is 15.0 Å². The molecule has 0 aliphatic heterocycles. The molecule has 0 aliphatic rings. The summed E-state index contributed by atoms with van der Waals surface area (Å²) in [5.41, 5.74) is 6.26. The molecule has 1 aromatic heterocycles. The number of ether oxygens (including phenoxy) is 1. The van der Waals surface area contributed by atoms with Gasteiger partial charge in [-0.2, -0.15) is 0 Å². The lowest BCUT2D eigenvalue weighted by Crippen LogP contribution is -2.06. The van der Waals surface area contributed by atoms with E-state index in [0.29, 0.717) is 0 Å². The Balaban J connectivity index is 2.30. The van der Waals surface area contributed by atoms with Crippen LogP contribution in [0.15, 0.2) is 30.3 Å². The molecule has 2 aromatic carbocycles. The minimum Gasteiger partial charge on any atom is -0.494 e. The van der Waals surface area contributed by atoms with Crippen LogP contribution < -0.4 is 4.74 Å². The van der Waals surface area contributed by atoms with Gasteiger partial charge in [0.25, 0.3) is 0 Å². The largest absolute Gasteiger partial charge is 0.494 e. The summed E-state index contributed by atoms with van der Waals surface area (Å²) in [5.74, 6) is 0.797. The zero-order chi connectivity index (χ0) is 14.3. The van der Waals surface area contributed by atoms with Gasteiger partial charge in [0.2, 0.25) is 0 Å². The summed E-state index contributed by atoms with van der Waals surface area (Å²) in [6, 6.07) is 9.88. The quantitative estimate of drug-likeness (QED) is 0.715. The fraction of sp³-hybridized carbons (Fsp3) is 0.250. The molecule has 0 radical (unpaired) electrons. The van der Waals surface area contributed by atoms with Crippen LogP contribution in [0.1, 0.15) is 16.7 Å². The molecule has 0 amide bonds. The number of aromatic nitrogens is 3. The summed E-state index contributed by atoms with van der Waals surface area (Å²) in [4.78, 5) is 1.67. The highest BCUT2D eigenvalue weighted by Crippen LogP contribution is 2.30. The fourth-order valence-electron chi connectivity index (χ4n) is 2.40. The van der Waals surface area contributed by atoms with Gasteiger partial charge >= 0.3 is 0 Å². The zero-order valence-corrected chi connectivity index (χ0v) is 12.1. The Bertz CT molecular complexity index is 757.